The number of fused-ring (bicyclic) bond motifs is 12. The minimum absolute atomic E-state index is 0.222. The van der Waals surface area contributed by atoms with Gasteiger partial charge in [-0.1, -0.05) is 135 Å². The summed E-state index contributed by atoms with van der Waals surface area (Å²) in [4.78, 5) is 9.59. The summed E-state index contributed by atoms with van der Waals surface area (Å²) in [5.74, 6) is 0. The van der Waals surface area contributed by atoms with E-state index >= 15 is 0 Å². The molecule has 250 valence electrons. The highest BCUT2D eigenvalue weighted by atomic mass is 15.0. The van der Waals surface area contributed by atoms with Gasteiger partial charge in [0.15, 0.2) is 0 Å². The molecule has 1 aliphatic rings. The fraction of sp³-hybridized carbons (Fsp3) is 0.0612. The molecule has 0 saturated carbocycles. The summed E-state index contributed by atoms with van der Waals surface area (Å²) in [6.07, 6.45) is 3.74. The number of hydrogen-bond donors (Lipinski definition) is 0. The van der Waals surface area contributed by atoms with Crippen LogP contribution in [0.3, 0.4) is 0 Å². The van der Waals surface area contributed by atoms with Gasteiger partial charge in [0.1, 0.15) is 0 Å². The van der Waals surface area contributed by atoms with E-state index in [1.165, 1.54) is 65.9 Å². The lowest BCUT2D eigenvalue weighted by atomic mass is 9.80. The third kappa shape index (κ3) is 4.18. The topological polar surface area (TPSA) is 35.6 Å². The largest absolute Gasteiger partial charge is 0.309 e. The molecule has 0 aliphatic heterocycles. The molecule has 0 radical (unpaired) electrons. The second-order valence-electron chi connectivity index (χ2n) is 14.6. The molecule has 4 heteroatoms. The molecule has 0 saturated heterocycles. The zero-order valence-corrected chi connectivity index (χ0v) is 29.5. The molecule has 0 unspecified atom stereocenters. The Morgan fingerprint density at radius 3 is 1.62 bits per heavy atom. The molecule has 4 nitrogen and oxygen atoms in total. The molecule has 53 heavy (non-hydrogen) atoms. The number of nitrogens with zero attached hydrogens (tertiary/aromatic N) is 4. The van der Waals surface area contributed by atoms with Gasteiger partial charge in [0.05, 0.1) is 45.8 Å². The third-order valence-corrected chi connectivity index (χ3v) is 11.4. The van der Waals surface area contributed by atoms with Gasteiger partial charge < -0.3 is 9.13 Å². The fourth-order valence-corrected chi connectivity index (χ4v) is 9.09. The van der Waals surface area contributed by atoms with E-state index in [0.717, 1.165) is 33.9 Å². The van der Waals surface area contributed by atoms with Crippen LogP contribution < -0.4 is 0 Å². The Morgan fingerprint density at radius 1 is 0.453 bits per heavy atom. The van der Waals surface area contributed by atoms with Crippen molar-refractivity contribution < 1.29 is 0 Å². The maximum Gasteiger partial charge on any atom is 0.0885 e. The molecular weight excluding hydrogens is 645 g/mol. The number of rotatable bonds is 4. The van der Waals surface area contributed by atoms with Gasteiger partial charge in [-0.15, -0.1) is 0 Å². The minimum atomic E-state index is -0.222. The number of benzene rings is 7. The smallest absolute Gasteiger partial charge is 0.0885 e. The van der Waals surface area contributed by atoms with Crippen LogP contribution in [0.2, 0.25) is 0 Å². The summed E-state index contributed by atoms with van der Waals surface area (Å²) < 4.78 is 5.01. The van der Waals surface area contributed by atoms with E-state index in [9.17, 15) is 0 Å². The van der Waals surface area contributed by atoms with Gasteiger partial charge in [-0.3, -0.25) is 9.97 Å². The van der Waals surface area contributed by atoms with Crippen LogP contribution in [-0.4, -0.2) is 19.1 Å². The van der Waals surface area contributed by atoms with Crippen LogP contribution in [-0.2, 0) is 5.41 Å². The Morgan fingerprint density at radius 2 is 0.962 bits per heavy atom. The molecule has 0 N–H and O–H groups in total. The third-order valence-electron chi connectivity index (χ3n) is 11.4. The van der Waals surface area contributed by atoms with E-state index in [1.807, 2.05) is 30.6 Å². The van der Waals surface area contributed by atoms with E-state index in [4.69, 9.17) is 9.97 Å². The average Bonchev–Trinajstić information content (AvgIpc) is 3.82. The van der Waals surface area contributed by atoms with Crippen LogP contribution in [0.4, 0.5) is 0 Å². The Hall–Kier alpha value is -6.78. The highest BCUT2D eigenvalue weighted by Crippen LogP contribution is 2.58. The van der Waals surface area contributed by atoms with Crippen molar-refractivity contribution in [1.29, 1.82) is 0 Å². The molecular formula is C49H34N4. The SMILES string of the molecule is CC1(C)c2ccccc2-c2c1c1c3ccccc3n(-c3ccc(-c4cnc(-c5ccccc5)cn4)cc3)c1c1c3ccccc3n(-c3ccccc3)c21. The van der Waals surface area contributed by atoms with Crippen LogP contribution >= 0.6 is 0 Å². The van der Waals surface area contributed by atoms with Crippen molar-refractivity contribution in [2.24, 2.45) is 0 Å². The zero-order chi connectivity index (χ0) is 35.3. The van der Waals surface area contributed by atoms with Crippen molar-refractivity contribution in [3.05, 3.63) is 181 Å². The first-order chi connectivity index (χ1) is 26.1. The molecule has 0 bridgehead atoms. The van der Waals surface area contributed by atoms with Crippen molar-refractivity contribution in [3.8, 4) is 45.0 Å². The standard InChI is InChI=1S/C49H34N4/c1-49(2)38-22-12-9-19-35(38)43-46(49)44-36-20-10-13-23-41(36)53(34-27-25-32(26-28-34)40-30-50-39(29-51-40)31-15-5-3-6-16-31)48(44)45-37-21-11-14-24-42(37)52(47(43)45)33-17-7-4-8-18-33/h3-30H,1-2H3. The second kappa shape index (κ2) is 11.1. The molecule has 0 fully saturated rings. The number of para-hydroxylation sites is 3. The average molecular weight is 679 g/mol. The summed E-state index contributed by atoms with van der Waals surface area (Å²) in [6.45, 7) is 4.81. The van der Waals surface area contributed by atoms with Crippen LogP contribution in [0.5, 0.6) is 0 Å². The van der Waals surface area contributed by atoms with E-state index in [1.54, 1.807) is 0 Å². The van der Waals surface area contributed by atoms with Gasteiger partial charge >= 0.3 is 0 Å². The van der Waals surface area contributed by atoms with Crippen molar-refractivity contribution in [2.75, 3.05) is 0 Å². The Kier molecular flexibility index (Phi) is 6.27. The van der Waals surface area contributed by atoms with Crippen LogP contribution in [0.15, 0.2) is 170 Å². The number of aromatic nitrogens is 4. The molecule has 0 amide bonds. The lowest BCUT2D eigenvalue weighted by molar-refractivity contribution is 0.667. The molecule has 0 atom stereocenters. The quantitative estimate of drug-likeness (QED) is 0.186. The van der Waals surface area contributed by atoms with E-state index in [2.05, 4.69) is 163 Å². The van der Waals surface area contributed by atoms with Crippen LogP contribution in [0, 0.1) is 0 Å². The summed E-state index contributed by atoms with van der Waals surface area (Å²) >= 11 is 0. The van der Waals surface area contributed by atoms with Crippen molar-refractivity contribution in [2.45, 2.75) is 19.3 Å². The van der Waals surface area contributed by atoms with Crippen LogP contribution in [0.1, 0.15) is 25.0 Å². The van der Waals surface area contributed by atoms with Crippen molar-refractivity contribution in [3.63, 3.8) is 0 Å². The first-order valence-corrected chi connectivity index (χ1v) is 18.3. The molecule has 3 aromatic heterocycles. The van der Waals surface area contributed by atoms with Crippen molar-refractivity contribution >= 4 is 43.6 Å². The lowest BCUT2D eigenvalue weighted by Gasteiger charge is -2.23. The molecule has 10 aromatic rings. The Balaban J connectivity index is 1.24. The number of hydrogen-bond acceptors (Lipinski definition) is 2. The highest BCUT2D eigenvalue weighted by molar-refractivity contribution is 6.31. The van der Waals surface area contributed by atoms with Gasteiger partial charge in [0, 0.05) is 55.0 Å². The Labute approximate surface area is 307 Å². The van der Waals surface area contributed by atoms with Gasteiger partial charge in [0.25, 0.3) is 0 Å². The molecule has 3 heterocycles. The molecule has 11 rings (SSSR count). The fourth-order valence-electron chi connectivity index (χ4n) is 9.09. The van der Waals surface area contributed by atoms with Gasteiger partial charge in [-0.05, 0) is 53.1 Å². The van der Waals surface area contributed by atoms with E-state index in [-0.39, 0.29) is 5.41 Å². The Bertz CT molecular complexity index is 3040. The first kappa shape index (κ1) is 29.9. The molecule has 7 aromatic carbocycles. The van der Waals surface area contributed by atoms with Gasteiger partial charge in [-0.2, -0.15) is 0 Å². The lowest BCUT2D eigenvalue weighted by Crippen LogP contribution is -2.15. The van der Waals surface area contributed by atoms with E-state index < -0.39 is 0 Å². The molecule has 0 spiro atoms. The molecule has 1 aliphatic carbocycles. The summed E-state index contributed by atoms with van der Waals surface area (Å²) in [6, 6.07) is 56.8. The zero-order valence-electron chi connectivity index (χ0n) is 29.5. The van der Waals surface area contributed by atoms with Gasteiger partial charge in [0.2, 0.25) is 0 Å². The summed E-state index contributed by atoms with van der Waals surface area (Å²) in [5.41, 5.74) is 16.2. The minimum Gasteiger partial charge on any atom is -0.309 e. The van der Waals surface area contributed by atoms with E-state index in [0.29, 0.717) is 0 Å². The second-order valence-corrected chi connectivity index (χ2v) is 14.6. The maximum absolute atomic E-state index is 4.83. The van der Waals surface area contributed by atoms with Crippen molar-refractivity contribution in [1.82, 2.24) is 19.1 Å². The summed E-state index contributed by atoms with van der Waals surface area (Å²) in [7, 11) is 0. The highest BCUT2D eigenvalue weighted by Gasteiger charge is 2.41. The monoisotopic (exact) mass is 678 g/mol. The normalized spacial score (nSPS) is 13.2. The summed E-state index contributed by atoms with van der Waals surface area (Å²) in [5, 5.41) is 5.11. The maximum atomic E-state index is 4.83. The first-order valence-electron chi connectivity index (χ1n) is 18.3. The van der Waals surface area contributed by atoms with Crippen LogP contribution in [0.25, 0.3) is 88.6 Å². The predicted octanol–water partition coefficient (Wildman–Crippen LogP) is 12.3. The predicted molar refractivity (Wildman–Crippen MR) is 219 cm³/mol. The van der Waals surface area contributed by atoms with Gasteiger partial charge in [-0.25, -0.2) is 0 Å².